The highest BCUT2D eigenvalue weighted by molar-refractivity contribution is 5.96. The molecule has 1 aromatic rings. The summed E-state index contributed by atoms with van der Waals surface area (Å²) < 4.78 is 5.11. The predicted molar refractivity (Wildman–Crippen MR) is 83.3 cm³/mol. The second-order valence-electron chi connectivity index (χ2n) is 5.91. The number of nitrogens with one attached hydrogen (secondary N) is 2. The van der Waals surface area contributed by atoms with Gasteiger partial charge in [-0.25, -0.2) is 4.79 Å². The number of carbonyl (C=O) groups is 2. The lowest BCUT2D eigenvalue weighted by Crippen LogP contribution is -2.43. The van der Waals surface area contributed by atoms with Gasteiger partial charge >= 0.3 is 6.09 Å². The number of hydrogen-bond acceptors (Lipinski definition) is 3. The molecule has 0 aromatic heterocycles. The molecule has 1 unspecified atom stereocenters. The van der Waals surface area contributed by atoms with Crippen LogP contribution in [-0.4, -0.2) is 23.6 Å². The zero-order valence-electron chi connectivity index (χ0n) is 13.3. The quantitative estimate of drug-likeness (QED) is 0.896. The number of carbonyl (C=O) groups excluding carboxylic acids is 2. The maximum absolute atomic E-state index is 12.0. The van der Waals surface area contributed by atoms with E-state index < -0.39 is 17.7 Å². The minimum Gasteiger partial charge on any atom is -0.444 e. The van der Waals surface area contributed by atoms with Crippen molar-refractivity contribution in [2.75, 3.05) is 5.32 Å². The predicted octanol–water partition coefficient (Wildman–Crippen LogP) is 3.10. The van der Waals surface area contributed by atoms with Gasteiger partial charge in [0.05, 0.1) is 0 Å². The zero-order valence-corrected chi connectivity index (χ0v) is 13.3. The zero-order chi connectivity index (χ0) is 16.0. The summed E-state index contributed by atoms with van der Waals surface area (Å²) in [7, 11) is 0. The molecule has 0 radical (unpaired) electrons. The first-order chi connectivity index (χ1) is 9.71. The largest absolute Gasteiger partial charge is 0.444 e. The third-order valence-electron chi connectivity index (χ3n) is 2.76. The van der Waals surface area contributed by atoms with Gasteiger partial charge in [0.2, 0.25) is 5.91 Å². The summed E-state index contributed by atoms with van der Waals surface area (Å²) in [6.07, 6.45) is 0.344. The van der Waals surface area contributed by atoms with Gasteiger partial charge in [0.15, 0.2) is 0 Å². The van der Waals surface area contributed by atoms with Crippen molar-refractivity contribution in [3.8, 4) is 0 Å². The molecule has 21 heavy (non-hydrogen) atoms. The van der Waals surface area contributed by atoms with Crippen LogP contribution in [0.1, 0.15) is 40.2 Å². The molecule has 1 aromatic carbocycles. The minimum absolute atomic E-state index is 0.287. The van der Waals surface area contributed by atoms with Gasteiger partial charge in [0.1, 0.15) is 11.6 Å². The molecule has 2 amide bonds. The molecule has 116 valence electrons. The van der Waals surface area contributed by atoms with Crippen LogP contribution in [0.3, 0.4) is 0 Å². The van der Waals surface area contributed by atoms with Gasteiger partial charge in [0.25, 0.3) is 0 Å². The number of amides is 2. The monoisotopic (exact) mass is 292 g/mol. The number of rotatable bonds is 4. The van der Waals surface area contributed by atoms with Crippen LogP contribution in [0, 0.1) is 0 Å². The third kappa shape index (κ3) is 6.29. The van der Waals surface area contributed by atoms with Crippen LogP contribution in [0.2, 0.25) is 0 Å². The van der Waals surface area contributed by atoms with Gasteiger partial charge in [-0.1, -0.05) is 19.1 Å². The standard InChI is InChI=1S/C16H24N2O3/c1-6-12-7-9-13(10-8-12)18-14(19)11(2)17-15(20)21-16(3,4)5/h7-11H,6H2,1-5H3,(H,17,20)(H,18,19). The van der Waals surface area contributed by atoms with Crippen LogP contribution in [0.25, 0.3) is 0 Å². The Morgan fingerprint density at radius 1 is 1.19 bits per heavy atom. The summed E-state index contributed by atoms with van der Waals surface area (Å²) in [4.78, 5) is 23.6. The molecule has 5 heteroatoms. The molecule has 0 aliphatic heterocycles. The van der Waals surface area contributed by atoms with E-state index in [1.807, 2.05) is 24.3 Å². The van der Waals surface area contributed by atoms with Crippen molar-refractivity contribution < 1.29 is 14.3 Å². The van der Waals surface area contributed by atoms with Gasteiger partial charge in [-0.3, -0.25) is 4.79 Å². The van der Waals surface area contributed by atoms with E-state index in [0.29, 0.717) is 5.69 Å². The summed E-state index contributed by atoms with van der Waals surface area (Å²) in [5, 5.41) is 5.26. The van der Waals surface area contributed by atoms with Gasteiger partial charge in [-0.05, 0) is 51.8 Å². The Hall–Kier alpha value is -2.04. The molecule has 0 spiro atoms. The molecule has 0 aliphatic rings. The lowest BCUT2D eigenvalue weighted by molar-refractivity contribution is -0.117. The highest BCUT2D eigenvalue weighted by Gasteiger charge is 2.20. The van der Waals surface area contributed by atoms with E-state index in [-0.39, 0.29) is 5.91 Å². The molecule has 0 fully saturated rings. The molecule has 0 aliphatic carbocycles. The van der Waals surface area contributed by atoms with Gasteiger partial charge < -0.3 is 15.4 Å². The highest BCUT2D eigenvalue weighted by atomic mass is 16.6. The Balaban J connectivity index is 2.52. The van der Waals surface area contributed by atoms with E-state index in [2.05, 4.69) is 17.6 Å². The van der Waals surface area contributed by atoms with Crippen molar-refractivity contribution in [3.63, 3.8) is 0 Å². The van der Waals surface area contributed by atoms with E-state index in [9.17, 15) is 9.59 Å². The molecular weight excluding hydrogens is 268 g/mol. The minimum atomic E-state index is -0.675. The number of anilines is 1. The highest BCUT2D eigenvalue weighted by Crippen LogP contribution is 2.11. The molecular formula is C16H24N2O3. The maximum atomic E-state index is 12.0. The lowest BCUT2D eigenvalue weighted by atomic mass is 10.1. The average Bonchev–Trinajstić information content (AvgIpc) is 2.37. The van der Waals surface area contributed by atoms with Crippen molar-refractivity contribution in [3.05, 3.63) is 29.8 Å². The third-order valence-corrected chi connectivity index (χ3v) is 2.76. The maximum Gasteiger partial charge on any atom is 0.408 e. The summed E-state index contributed by atoms with van der Waals surface area (Å²) in [5.74, 6) is -0.287. The number of benzene rings is 1. The Morgan fingerprint density at radius 3 is 2.24 bits per heavy atom. The molecule has 5 nitrogen and oxygen atoms in total. The SMILES string of the molecule is CCc1ccc(NC(=O)C(C)NC(=O)OC(C)(C)C)cc1. The number of alkyl carbamates (subject to hydrolysis) is 1. The van der Waals surface area contributed by atoms with Gasteiger partial charge in [0, 0.05) is 5.69 Å². The van der Waals surface area contributed by atoms with E-state index in [1.165, 1.54) is 5.56 Å². The Bertz CT molecular complexity index is 489. The summed E-state index contributed by atoms with van der Waals surface area (Å²) >= 11 is 0. The second-order valence-corrected chi connectivity index (χ2v) is 5.91. The lowest BCUT2D eigenvalue weighted by Gasteiger charge is -2.21. The van der Waals surface area contributed by atoms with Crippen molar-refractivity contribution in [2.24, 2.45) is 0 Å². The fourth-order valence-electron chi connectivity index (χ4n) is 1.62. The summed E-state index contributed by atoms with van der Waals surface area (Å²) in [5.41, 5.74) is 1.32. The van der Waals surface area contributed by atoms with Gasteiger partial charge in [-0.2, -0.15) is 0 Å². The van der Waals surface area contributed by atoms with Crippen molar-refractivity contribution in [1.82, 2.24) is 5.32 Å². The van der Waals surface area contributed by atoms with Crippen molar-refractivity contribution in [2.45, 2.75) is 52.7 Å². The molecule has 0 saturated carbocycles. The van der Waals surface area contributed by atoms with Crippen LogP contribution < -0.4 is 10.6 Å². The molecule has 2 N–H and O–H groups in total. The van der Waals surface area contributed by atoms with E-state index in [0.717, 1.165) is 6.42 Å². The molecule has 0 saturated heterocycles. The first kappa shape index (κ1) is 17.0. The van der Waals surface area contributed by atoms with Crippen molar-refractivity contribution >= 4 is 17.7 Å². The first-order valence-corrected chi connectivity index (χ1v) is 7.10. The second kappa shape index (κ2) is 7.11. The fourth-order valence-corrected chi connectivity index (χ4v) is 1.62. The fraction of sp³-hybridized carbons (Fsp3) is 0.500. The Labute approximate surface area is 126 Å². The van der Waals surface area contributed by atoms with Crippen LogP contribution in [0.5, 0.6) is 0 Å². The molecule has 1 atom stereocenters. The number of aryl methyl sites for hydroxylation is 1. The number of hydrogen-bond donors (Lipinski definition) is 2. The van der Waals surface area contributed by atoms with Crippen LogP contribution in [0.15, 0.2) is 24.3 Å². The van der Waals surface area contributed by atoms with Crippen molar-refractivity contribution in [1.29, 1.82) is 0 Å². The Morgan fingerprint density at radius 2 is 1.76 bits per heavy atom. The normalized spacial score (nSPS) is 12.4. The first-order valence-electron chi connectivity index (χ1n) is 7.10. The molecule has 0 bridgehead atoms. The molecule has 1 rings (SSSR count). The van der Waals surface area contributed by atoms with Gasteiger partial charge in [-0.15, -0.1) is 0 Å². The van der Waals surface area contributed by atoms with E-state index in [4.69, 9.17) is 4.74 Å². The van der Waals surface area contributed by atoms with E-state index >= 15 is 0 Å². The van der Waals surface area contributed by atoms with E-state index in [1.54, 1.807) is 27.7 Å². The average molecular weight is 292 g/mol. The summed E-state index contributed by atoms with van der Waals surface area (Å²) in [6.45, 7) is 8.99. The number of ether oxygens (including phenoxy) is 1. The summed E-state index contributed by atoms with van der Waals surface area (Å²) in [6, 6.07) is 6.93. The topological polar surface area (TPSA) is 67.4 Å². The Kier molecular flexibility index (Phi) is 5.76. The molecule has 0 heterocycles. The van der Waals surface area contributed by atoms with Crippen LogP contribution >= 0.6 is 0 Å². The van der Waals surface area contributed by atoms with Crippen LogP contribution in [-0.2, 0) is 16.0 Å². The smallest absolute Gasteiger partial charge is 0.408 e. The van der Waals surface area contributed by atoms with Crippen LogP contribution in [0.4, 0.5) is 10.5 Å².